The van der Waals surface area contributed by atoms with E-state index in [2.05, 4.69) is 35.6 Å². The molecule has 1 aromatic rings. The fraction of sp³-hybridized carbons (Fsp3) is 0.692. The molecule has 1 saturated heterocycles. The number of hydrogen-bond acceptors (Lipinski definition) is 4. The maximum Gasteiger partial charge on any atom is 0.137 e. The number of hydrogen-bond donors (Lipinski definition) is 0. The molecule has 0 aliphatic carbocycles. The van der Waals surface area contributed by atoms with Crippen molar-refractivity contribution in [2.24, 2.45) is 0 Å². The second kappa shape index (κ2) is 5.41. The van der Waals surface area contributed by atoms with Crippen molar-refractivity contribution in [1.29, 1.82) is 0 Å². The molecule has 1 aliphatic rings. The van der Waals surface area contributed by atoms with Crippen LogP contribution in [0.2, 0.25) is 5.15 Å². The highest BCUT2D eigenvalue weighted by molar-refractivity contribution is 6.29. The normalized spacial score (nSPS) is 17.7. The van der Waals surface area contributed by atoms with Crippen LogP contribution in [0.5, 0.6) is 0 Å². The fourth-order valence-electron chi connectivity index (χ4n) is 1.88. The van der Waals surface area contributed by atoms with Crippen molar-refractivity contribution >= 4 is 17.4 Å². The molecule has 2 rings (SSSR count). The summed E-state index contributed by atoms with van der Waals surface area (Å²) in [5, 5.41) is 0.509. The maximum absolute atomic E-state index is 6.11. The highest BCUT2D eigenvalue weighted by Gasteiger charge is 2.21. The Morgan fingerprint density at radius 2 is 2.00 bits per heavy atom. The molecule has 0 radical (unpaired) electrons. The lowest BCUT2D eigenvalue weighted by molar-refractivity contribution is 0.152. The van der Waals surface area contributed by atoms with E-state index in [0.29, 0.717) is 5.15 Å². The minimum absolute atomic E-state index is 0.0952. The third-order valence-electron chi connectivity index (χ3n) is 2.90. The summed E-state index contributed by atoms with van der Waals surface area (Å²) < 4.78 is 5.46. The average molecular weight is 270 g/mol. The number of ether oxygens (including phenoxy) is 1. The van der Waals surface area contributed by atoms with Crippen LogP contribution in [0.25, 0.3) is 0 Å². The molecule has 1 fully saturated rings. The van der Waals surface area contributed by atoms with Crippen LogP contribution >= 0.6 is 11.6 Å². The first-order chi connectivity index (χ1) is 8.47. The third kappa shape index (κ3) is 3.33. The first-order valence-corrected chi connectivity index (χ1v) is 6.72. The predicted octanol–water partition coefficient (Wildman–Crippen LogP) is 2.65. The van der Waals surface area contributed by atoms with Gasteiger partial charge < -0.3 is 9.64 Å². The molecule has 1 aliphatic heterocycles. The van der Waals surface area contributed by atoms with E-state index in [1.54, 1.807) is 0 Å². The van der Waals surface area contributed by atoms with Gasteiger partial charge in [0.2, 0.25) is 0 Å². The van der Waals surface area contributed by atoms with E-state index >= 15 is 0 Å². The maximum atomic E-state index is 6.11. The first-order valence-electron chi connectivity index (χ1n) is 6.34. The minimum Gasteiger partial charge on any atom is -0.380 e. The van der Waals surface area contributed by atoms with Gasteiger partial charge in [0, 0.05) is 31.2 Å². The Bertz CT molecular complexity index is 409. The van der Waals surface area contributed by atoms with Gasteiger partial charge in [-0.2, -0.15) is 0 Å². The van der Waals surface area contributed by atoms with Crippen molar-refractivity contribution in [1.82, 2.24) is 9.97 Å². The largest absolute Gasteiger partial charge is 0.380 e. The number of rotatable bonds is 1. The second-order valence-corrected chi connectivity index (χ2v) is 5.96. The fourth-order valence-corrected chi connectivity index (χ4v) is 2.06. The van der Waals surface area contributed by atoms with Gasteiger partial charge in [-0.15, -0.1) is 0 Å². The lowest BCUT2D eigenvalue weighted by Gasteiger charge is -2.24. The molecule has 0 aromatic carbocycles. The van der Waals surface area contributed by atoms with E-state index in [-0.39, 0.29) is 5.41 Å². The zero-order chi connectivity index (χ0) is 13.2. The monoisotopic (exact) mass is 269 g/mol. The Hall–Kier alpha value is -0.870. The van der Waals surface area contributed by atoms with Crippen molar-refractivity contribution in [2.75, 3.05) is 31.2 Å². The van der Waals surface area contributed by atoms with Crippen LogP contribution < -0.4 is 4.90 Å². The lowest BCUT2D eigenvalue weighted by atomic mass is 9.96. The highest BCUT2D eigenvalue weighted by Crippen LogP contribution is 2.24. The summed E-state index contributed by atoms with van der Waals surface area (Å²) in [4.78, 5) is 11.2. The zero-order valence-corrected chi connectivity index (χ0v) is 12.0. The van der Waals surface area contributed by atoms with Crippen molar-refractivity contribution in [3.05, 3.63) is 17.0 Å². The summed E-state index contributed by atoms with van der Waals surface area (Å²) in [5.41, 5.74) is -0.0952. The van der Waals surface area contributed by atoms with Crippen LogP contribution in [0.15, 0.2) is 6.07 Å². The number of aromatic nitrogens is 2. The molecular weight excluding hydrogens is 250 g/mol. The van der Waals surface area contributed by atoms with Crippen LogP contribution in [-0.4, -0.2) is 36.3 Å². The minimum atomic E-state index is -0.0952. The van der Waals surface area contributed by atoms with Crippen LogP contribution in [0.3, 0.4) is 0 Å². The van der Waals surface area contributed by atoms with Gasteiger partial charge in [-0.1, -0.05) is 32.4 Å². The van der Waals surface area contributed by atoms with Crippen molar-refractivity contribution in [3.63, 3.8) is 0 Å². The average Bonchev–Trinajstić information content (AvgIpc) is 2.55. The molecule has 0 unspecified atom stereocenters. The van der Waals surface area contributed by atoms with Crippen molar-refractivity contribution in [2.45, 2.75) is 32.6 Å². The lowest BCUT2D eigenvalue weighted by Crippen LogP contribution is -2.28. The molecular formula is C13H20ClN3O. The molecule has 0 N–H and O–H groups in total. The molecule has 0 atom stereocenters. The molecule has 18 heavy (non-hydrogen) atoms. The van der Waals surface area contributed by atoms with Gasteiger partial charge in [0.25, 0.3) is 0 Å². The molecule has 100 valence electrons. The van der Waals surface area contributed by atoms with E-state index in [9.17, 15) is 0 Å². The van der Waals surface area contributed by atoms with E-state index in [1.807, 2.05) is 6.07 Å². The number of halogens is 1. The number of nitrogens with zero attached hydrogens (tertiary/aromatic N) is 3. The summed E-state index contributed by atoms with van der Waals surface area (Å²) in [5.74, 6) is 1.69. The SMILES string of the molecule is CC(C)(C)c1nc(Cl)cc(N2CCCOCC2)n1. The highest BCUT2D eigenvalue weighted by atomic mass is 35.5. The number of anilines is 1. The van der Waals surface area contributed by atoms with E-state index < -0.39 is 0 Å². The van der Waals surface area contributed by atoms with Gasteiger partial charge in [-0.25, -0.2) is 9.97 Å². The zero-order valence-electron chi connectivity index (χ0n) is 11.2. The summed E-state index contributed by atoms with van der Waals surface area (Å²) in [6, 6.07) is 1.84. The van der Waals surface area contributed by atoms with Gasteiger partial charge in [0.1, 0.15) is 16.8 Å². The molecule has 0 bridgehead atoms. The van der Waals surface area contributed by atoms with Gasteiger partial charge in [0.05, 0.1) is 6.61 Å². The summed E-state index contributed by atoms with van der Waals surface area (Å²) in [7, 11) is 0. The molecule has 0 amide bonds. The van der Waals surface area contributed by atoms with Crippen LogP contribution in [0.1, 0.15) is 33.0 Å². The summed E-state index contributed by atoms with van der Waals surface area (Å²) in [6.45, 7) is 9.65. The summed E-state index contributed by atoms with van der Waals surface area (Å²) >= 11 is 6.11. The van der Waals surface area contributed by atoms with Crippen LogP contribution in [0.4, 0.5) is 5.82 Å². The first kappa shape index (κ1) is 13.6. The molecule has 0 spiro atoms. The van der Waals surface area contributed by atoms with Gasteiger partial charge in [-0.05, 0) is 6.42 Å². The second-order valence-electron chi connectivity index (χ2n) is 5.58. The van der Waals surface area contributed by atoms with Crippen molar-refractivity contribution < 1.29 is 4.74 Å². The van der Waals surface area contributed by atoms with E-state index in [1.165, 1.54) is 0 Å². The Kier molecular flexibility index (Phi) is 4.07. The standard InChI is InChI=1S/C13H20ClN3O/c1-13(2,3)12-15-10(14)9-11(16-12)17-5-4-7-18-8-6-17/h9H,4-8H2,1-3H3. The smallest absolute Gasteiger partial charge is 0.137 e. The van der Waals surface area contributed by atoms with E-state index in [4.69, 9.17) is 16.3 Å². The molecule has 0 saturated carbocycles. The van der Waals surface area contributed by atoms with Gasteiger partial charge in [-0.3, -0.25) is 0 Å². The molecule has 2 heterocycles. The van der Waals surface area contributed by atoms with Crippen LogP contribution in [-0.2, 0) is 10.2 Å². The van der Waals surface area contributed by atoms with Crippen molar-refractivity contribution in [3.8, 4) is 0 Å². The van der Waals surface area contributed by atoms with Gasteiger partial charge in [0.15, 0.2) is 0 Å². The Morgan fingerprint density at radius 1 is 1.22 bits per heavy atom. The Balaban J connectivity index is 2.29. The van der Waals surface area contributed by atoms with E-state index in [0.717, 1.165) is 44.4 Å². The predicted molar refractivity (Wildman–Crippen MR) is 73.4 cm³/mol. The van der Waals surface area contributed by atoms with Gasteiger partial charge >= 0.3 is 0 Å². The van der Waals surface area contributed by atoms with Crippen LogP contribution in [0, 0.1) is 0 Å². The molecule has 5 heteroatoms. The molecule has 1 aromatic heterocycles. The summed E-state index contributed by atoms with van der Waals surface area (Å²) in [6.07, 6.45) is 1.02. The quantitative estimate of drug-likeness (QED) is 0.735. The third-order valence-corrected chi connectivity index (χ3v) is 3.09. The Labute approximate surface area is 113 Å². The topological polar surface area (TPSA) is 38.2 Å². The Morgan fingerprint density at radius 3 is 2.72 bits per heavy atom. The molecule has 4 nitrogen and oxygen atoms in total.